The number of piperazine rings is 1. The fraction of sp³-hybridized carbons (Fsp3) is 0.400. The zero-order chi connectivity index (χ0) is 17.3. The van der Waals surface area contributed by atoms with Crippen LogP contribution in [0.1, 0.15) is 6.92 Å². The summed E-state index contributed by atoms with van der Waals surface area (Å²) >= 11 is 2.24. The third-order valence-electron chi connectivity index (χ3n) is 3.70. The summed E-state index contributed by atoms with van der Waals surface area (Å²) in [7, 11) is 0. The molecule has 0 bridgehead atoms. The van der Waals surface area contributed by atoms with Crippen molar-refractivity contribution in [3.05, 3.63) is 23.8 Å². The number of nitrogens with zero attached hydrogens (tertiary/aromatic N) is 3. The number of anilines is 1. The van der Waals surface area contributed by atoms with Gasteiger partial charge in [-0.05, 0) is 6.07 Å². The Bertz CT molecular complexity index is 788. The monoisotopic (exact) mass is 371 g/mol. The highest BCUT2D eigenvalue weighted by atomic mass is 32.2. The molecule has 24 heavy (non-hydrogen) atoms. The minimum atomic E-state index is -0.664. The topological polar surface area (TPSA) is 53.5 Å². The Morgan fingerprint density at radius 3 is 2.62 bits per heavy atom. The van der Waals surface area contributed by atoms with E-state index in [0.29, 0.717) is 36.0 Å². The number of carbonyl (C=O) groups excluding carboxylic acids is 2. The fourth-order valence-corrected chi connectivity index (χ4v) is 4.05. The summed E-state index contributed by atoms with van der Waals surface area (Å²) in [6.07, 6.45) is 0. The van der Waals surface area contributed by atoms with Crippen molar-refractivity contribution in [3.8, 4) is 0 Å². The van der Waals surface area contributed by atoms with Gasteiger partial charge in [0.1, 0.15) is 11.3 Å². The van der Waals surface area contributed by atoms with Crippen molar-refractivity contribution in [1.29, 1.82) is 0 Å². The molecule has 0 radical (unpaired) electrons. The molecule has 0 saturated carbocycles. The molecule has 1 aliphatic rings. The standard InChI is InChI=1S/C15H15F2N3O2S2/c1-9(21)23-8-13(22)19-2-4-20(5-3-19)15-18-14-11(17)6-10(16)7-12(14)24-15/h6-7H,2-5,8H2,1H3. The summed E-state index contributed by atoms with van der Waals surface area (Å²) in [5.74, 6) is -1.19. The van der Waals surface area contributed by atoms with Crippen LogP contribution in [0.3, 0.4) is 0 Å². The summed E-state index contributed by atoms with van der Waals surface area (Å²) in [6.45, 7) is 3.61. The molecule has 1 amide bonds. The summed E-state index contributed by atoms with van der Waals surface area (Å²) < 4.78 is 27.5. The number of benzene rings is 1. The van der Waals surface area contributed by atoms with E-state index >= 15 is 0 Å². The van der Waals surface area contributed by atoms with Gasteiger partial charge in [-0.1, -0.05) is 23.1 Å². The molecule has 1 saturated heterocycles. The van der Waals surface area contributed by atoms with Crippen LogP contribution in [0.5, 0.6) is 0 Å². The average molecular weight is 371 g/mol. The van der Waals surface area contributed by atoms with Gasteiger partial charge in [-0.15, -0.1) is 0 Å². The third kappa shape index (κ3) is 3.67. The van der Waals surface area contributed by atoms with Crippen molar-refractivity contribution >= 4 is 49.5 Å². The van der Waals surface area contributed by atoms with Gasteiger partial charge in [0.2, 0.25) is 5.91 Å². The number of rotatable bonds is 3. The second-order valence-electron chi connectivity index (χ2n) is 5.38. The first kappa shape index (κ1) is 17.1. The Kier molecular flexibility index (Phi) is 5.00. The lowest BCUT2D eigenvalue weighted by atomic mass is 10.3. The van der Waals surface area contributed by atoms with Crippen LogP contribution in [-0.2, 0) is 9.59 Å². The zero-order valence-corrected chi connectivity index (χ0v) is 14.6. The Morgan fingerprint density at radius 2 is 1.96 bits per heavy atom. The lowest BCUT2D eigenvalue weighted by Crippen LogP contribution is -2.49. The molecule has 3 rings (SSSR count). The molecule has 1 aliphatic heterocycles. The molecular weight excluding hydrogens is 356 g/mol. The van der Waals surface area contributed by atoms with Gasteiger partial charge in [0.25, 0.3) is 0 Å². The van der Waals surface area contributed by atoms with Crippen molar-refractivity contribution in [2.45, 2.75) is 6.92 Å². The molecule has 1 aromatic heterocycles. The van der Waals surface area contributed by atoms with Gasteiger partial charge in [-0.3, -0.25) is 9.59 Å². The summed E-state index contributed by atoms with van der Waals surface area (Å²) in [4.78, 5) is 30.9. The first-order chi connectivity index (χ1) is 11.4. The number of fused-ring (bicyclic) bond motifs is 1. The molecule has 0 N–H and O–H groups in total. The van der Waals surface area contributed by atoms with Gasteiger partial charge < -0.3 is 9.80 Å². The first-order valence-electron chi connectivity index (χ1n) is 7.35. The molecule has 2 aromatic rings. The number of thiazole rings is 1. The van der Waals surface area contributed by atoms with Gasteiger partial charge in [0, 0.05) is 39.2 Å². The first-order valence-corrected chi connectivity index (χ1v) is 9.16. The summed E-state index contributed by atoms with van der Waals surface area (Å²) in [5, 5.41) is 0.547. The average Bonchev–Trinajstić information content (AvgIpc) is 2.97. The molecule has 2 heterocycles. The van der Waals surface area contributed by atoms with E-state index in [4.69, 9.17) is 0 Å². The number of hydrogen-bond acceptors (Lipinski definition) is 6. The lowest BCUT2D eigenvalue weighted by molar-refractivity contribution is -0.128. The quantitative estimate of drug-likeness (QED) is 0.830. The normalized spacial score (nSPS) is 15.1. The molecule has 128 valence electrons. The lowest BCUT2D eigenvalue weighted by Gasteiger charge is -2.34. The van der Waals surface area contributed by atoms with E-state index in [9.17, 15) is 18.4 Å². The largest absolute Gasteiger partial charge is 0.345 e. The minimum absolute atomic E-state index is 0.0627. The van der Waals surface area contributed by atoms with Gasteiger partial charge in [-0.2, -0.15) is 0 Å². The molecule has 0 atom stereocenters. The summed E-state index contributed by atoms with van der Waals surface area (Å²) in [5.41, 5.74) is 0.174. The van der Waals surface area contributed by atoms with Crippen LogP contribution in [0.15, 0.2) is 12.1 Å². The molecule has 1 aromatic carbocycles. The highest BCUT2D eigenvalue weighted by Crippen LogP contribution is 2.31. The Morgan fingerprint density at radius 1 is 1.25 bits per heavy atom. The van der Waals surface area contributed by atoms with E-state index in [-0.39, 0.29) is 22.3 Å². The maximum atomic E-state index is 13.7. The number of thioether (sulfide) groups is 1. The maximum Gasteiger partial charge on any atom is 0.233 e. The van der Waals surface area contributed by atoms with Crippen LogP contribution in [0.2, 0.25) is 0 Å². The second-order valence-corrected chi connectivity index (χ2v) is 7.54. The van der Waals surface area contributed by atoms with E-state index in [1.54, 1.807) is 4.90 Å². The number of carbonyl (C=O) groups is 2. The number of hydrogen-bond donors (Lipinski definition) is 0. The van der Waals surface area contributed by atoms with Crippen molar-refractivity contribution in [2.75, 3.05) is 36.8 Å². The van der Waals surface area contributed by atoms with Crippen LogP contribution >= 0.6 is 23.1 Å². The molecule has 5 nitrogen and oxygen atoms in total. The molecule has 9 heteroatoms. The zero-order valence-electron chi connectivity index (χ0n) is 12.9. The van der Waals surface area contributed by atoms with Crippen molar-refractivity contribution in [3.63, 3.8) is 0 Å². The third-order valence-corrected chi connectivity index (χ3v) is 5.56. The molecule has 0 aliphatic carbocycles. The SMILES string of the molecule is CC(=O)SCC(=O)N1CCN(c2nc3c(F)cc(F)cc3s2)CC1. The minimum Gasteiger partial charge on any atom is -0.345 e. The number of aromatic nitrogens is 1. The van der Waals surface area contributed by atoms with Crippen LogP contribution in [0.4, 0.5) is 13.9 Å². The van der Waals surface area contributed by atoms with E-state index < -0.39 is 11.6 Å². The molecule has 0 unspecified atom stereocenters. The van der Waals surface area contributed by atoms with Crippen LogP contribution in [0.25, 0.3) is 10.2 Å². The molecular formula is C15H15F2N3O2S2. The number of amides is 1. The fourth-order valence-electron chi connectivity index (χ4n) is 2.48. The van der Waals surface area contributed by atoms with E-state index in [1.807, 2.05) is 4.90 Å². The number of halogens is 2. The molecule has 0 spiro atoms. The van der Waals surface area contributed by atoms with Gasteiger partial charge in [0.15, 0.2) is 16.1 Å². The van der Waals surface area contributed by atoms with Crippen molar-refractivity contribution in [2.24, 2.45) is 0 Å². The Labute approximate surface area is 145 Å². The van der Waals surface area contributed by atoms with Gasteiger partial charge in [-0.25, -0.2) is 13.8 Å². The predicted molar refractivity (Wildman–Crippen MR) is 91.5 cm³/mol. The van der Waals surface area contributed by atoms with Crippen molar-refractivity contribution in [1.82, 2.24) is 9.88 Å². The van der Waals surface area contributed by atoms with E-state index in [2.05, 4.69) is 4.98 Å². The summed E-state index contributed by atoms with van der Waals surface area (Å²) in [6, 6.07) is 2.10. The highest BCUT2D eigenvalue weighted by molar-refractivity contribution is 8.14. The molecule has 1 fully saturated rings. The smallest absolute Gasteiger partial charge is 0.233 e. The maximum absolute atomic E-state index is 13.7. The highest BCUT2D eigenvalue weighted by Gasteiger charge is 2.24. The van der Waals surface area contributed by atoms with Crippen LogP contribution in [-0.4, -0.2) is 52.8 Å². The van der Waals surface area contributed by atoms with Crippen LogP contribution in [0, 0.1) is 11.6 Å². The van der Waals surface area contributed by atoms with Crippen LogP contribution < -0.4 is 4.90 Å². The van der Waals surface area contributed by atoms with Gasteiger partial charge in [0.05, 0.1) is 10.5 Å². The Balaban J connectivity index is 1.65. The van der Waals surface area contributed by atoms with Crippen molar-refractivity contribution < 1.29 is 18.4 Å². The Hall–Kier alpha value is -1.74. The predicted octanol–water partition coefficient (Wildman–Crippen LogP) is 2.50. The second kappa shape index (κ2) is 7.02. The van der Waals surface area contributed by atoms with E-state index in [0.717, 1.165) is 17.8 Å². The van der Waals surface area contributed by atoms with Gasteiger partial charge >= 0.3 is 0 Å². The van der Waals surface area contributed by atoms with E-state index in [1.165, 1.54) is 24.3 Å².